The lowest BCUT2D eigenvalue weighted by atomic mass is 10.0. The molecule has 0 atom stereocenters. The average molecular weight is 1970 g/mol. The lowest BCUT2D eigenvalue weighted by Crippen LogP contribution is -2.33. The van der Waals surface area contributed by atoms with Crippen molar-refractivity contribution in [2.45, 2.75) is 296 Å². The Hall–Kier alpha value is -13.7. The number of unbranched alkanes of at least 4 members (excludes halogenated alkanes) is 5. The van der Waals surface area contributed by atoms with Crippen molar-refractivity contribution in [3.63, 3.8) is 0 Å². The van der Waals surface area contributed by atoms with Gasteiger partial charge in [0.15, 0.2) is 28.2 Å². The molecule has 145 heavy (non-hydrogen) atoms. The molecule has 5 amide bonds. The number of aryl methyl sites for hydroxylation is 7. The predicted molar refractivity (Wildman–Crippen MR) is 569 cm³/mol. The number of carbonyl (C=O) groups is 5. The molecule has 0 bridgehead atoms. The topological polar surface area (TPSA) is 255 Å². The van der Waals surface area contributed by atoms with Crippen LogP contribution in [0, 0.1) is 63.9 Å². The number of hydrogen-bond acceptors (Lipinski definition) is 15. The highest BCUT2D eigenvalue weighted by atomic mass is 19.1. The second-order valence-corrected chi connectivity index (χ2v) is 39.5. The van der Waals surface area contributed by atoms with Gasteiger partial charge in [0.25, 0.3) is 29.5 Å². The van der Waals surface area contributed by atoms with Crippen LogP contribution >= 0.6 is 0 Å². The molecule has 3 aliphatic carbocycles. The fourth-order valence-corrected chi connectivity index (χ4v) is 19.4. The number of nitrogens with zero attached hydrogens (tertiary/aromatic N) is 20. The number of pyridine rings is 5. The van der Waals surface area contributed by atoms with Crippen LogP contribution in [-0.4, -0.2) is 159 Å². The Labute approximate surface area is 852 Å². The number of imidazole rings is 5. The Bertz CT molecular complexity index is 6860. The summed E-state index contributed by atoms with van der Waals surface area (Å²) in [6.07, 6.45) is 32.8. The molecular formula is C117H145F3N20O5. The van der Waals surface area contributed by atoms with E-state index in [0.717, 1.165) is 271 Å². The van der Waals surface area contributed by atoms with Gasteiger partial charge in [0.1, 0.15) is 74.2 Å². The van der Waals surface area contributed by atoms with Gasteiger partial charge in [-0.05, 0) is 255 Å². The van der Waals surface area contributed by atoms with Crippen molar-refractivity contribution >= 4 is 85.4 Å². The van der Waals surface area contributed by atoms with E-state index < -0.39 is 17.5 Å². The van der Waals surface area contributed by atoms with Crippen molar-refractivity contribution in [3.8, 4) is 0 Å². The van der Waals surface area contributed by atoms with Gasteiger partial charge in [-0.25, -0.2) is 63.0 Å². The Morgan fingerprint density at radius 1 is 0.338 bits per heavy atom. The largest absolute Gasteiger partial charge is 0.331 e. The van der Waals surface area contributed by atoms with E-state index in [1.165, 1.54) is 50.7 Å². The predicted octanol–water partition coefficient (Wildman–Crippen LogP) is 25.4. The molecule has 3 saturated carbocycles. The number of benzene rings is 5. The zero-order valence-corrected chi connectivity index (χ0v) is 87.2. The Morgan fingerprint density at radius 3 is 1.16 bits per heavy atom. The van der Waals surface area contributed by atoms with E-state index in [0.29, 0.717) is 80.9 Å². The molecular weight excluding hydrogens is 1820 g/mol. The van der Waals surface area contributed by atoms with Gasteiger partial charge in [-0.1, -0.05) is 173 Å². The van der Waals surface area contributed by atoms with Crippen LogP contribution in [0.3, 0.4) is 0 Å². The Kier molecular flexibility index (Phi) is 38.6. The molecule has 18 rings (SSSR count). The number of hydrogen-bond donors (Lipinski definition) is 0. The molecule has 0 aliphatic heterocycles. The van der Waals surface area contributed by atoms with E-state index in [9.17, 15) is 37.1 Å². The number of amides is 5. The minimum atomic E-state index is -0.848. The van der Waals surface area contributed by atoms with Gasteiger partial charge in [0.2, 0.25) is 0 Å². The molecule has 25 nitrogen and oxygen atoms in total. The number of aromatic nitrogens is 15. The van der Waals surface area contributed by atoms with Crippen LogP contribution in [-0.2, 0) is 52.4 Å². The molecule has 3 aliphatic rings. The van der Waals surface area contributed by atoms with Crippen molar-refractivity contribution in [1.82, 2.24) is 97.2 Å². The second kappa shape index (κ2) is 52.2. The fourth-order valence-electron chi connectivity index (χ4n) is 19.4. The lowest BCUT2D eigenvalue weighted by Gasteiger charge is -2.25. The van der Waals surface area contributed by atoms with Crippen molar-refractivity contribution in [2.24, 2.45) is 11.8 Å². The van der Waals surface area contributed by atoms with E-state index in [4.69, 9.17) is 19.9 Å². The maximum atomic E-state index is 14.1. The van der Waals surface area contributed by atoms with Crippen LogP contribution in [0.2, 0.25) is 0 Å². The first-order chi connectivity index (χ1) is 70.4. The lowest BCUT2D eigenvalue weighted by molar-refractivity contribution is 0.0722. The van der Waals surface area contributed by atoms with Gasteiger partial charge in [-0.15, -0.1) is 0 Å². The smallest absolute Gasteiger partial charge is 0.257 e. The summed E-state index contributed by atoms with van der Waals surface area (Å²) in [6, 6.07) is 49.7. The first-order valence-corrected chi connectivity index (χ1v) is 52.8. The van der Waals surface area contributed by atoms with Gasteiger partial charge in [-0.3, -0.25) is 24.0 Å². The number of rotatable bonds is 39. The standard InChI is InChI=1S/C25H31FN4O.C25H32N4O.2C23H30N4O.C21H22F2N4O/c1-3-4-7-15-29(25(31)19-13-12-18(2)21(26)16-19)17-23-28-22-11-8-14-27-24(22)30(23)20-9-5-6-10-20;1-4-5-15-28(25(30)21-16-18(2)12-13-19(21)3)17-23-27-22-11-8-14-26-24(22)29(23)20-9-6-7-10-20;1-5-14-27-21(25-20-11-8-13-24-22(20)27)16-26(15-12-17(2)3)23(28)19-10-7-6-9-18(19)4;1-4-6-9-16-26(23(28)19-12-8-7-11-18(19)3)17-21-25-20-13-10-14-24-22(20)27(21)15-5-2;1-2-10-26(21(28)16-8-7-15(22)11-17(16)23)13-19-25-18-4-3-9-24-20(18)27(19)12-14-5-6-14/h8,11-14,16,20H,3-7,9-10,15,17H2,1-2H3;8,11-14,16,20H,4-7,9-10,15,17H2,1-3H3;6-11,13,17H,5,12,14-16H2,1-4H3;7-8,10-14H,4-6,9,15-17H2,1-3H3;3-4,7-9,11,14H,2,5-6,10,12-13H2,1H3. The van der Waals surface area contributed by atoms with Crippen LogP contribution in [0.1, 0.15) is 317 Å². The molecule has 764 valence electrons. The van der Waals surface area contributed by atoms with Gasteiger partial charge >= 0.3 is 0 Å². The second-order valence-electron chi connectivity index (χ2n) is 39.5. The zero-order valence-electron chi connectivity index (χ0n) is 87.2. The summed E-state index contributed by atoms with van der Waals surface area (Å²) in [5.41, 5.74) is 16.1. The van der Waals surface area contributed by atoms with E-state index >= 15 is 0 Å². The summed E-state index contributed by atoms with van der Waals surface area (Å²) in [4.78, 5) is 123. The van der Waals surface area contributed by atoms with Crippen molar-refractivity contribution in [3.05, 3.63) is 297 Å². The van der Waals surface area contributed by atoms with Gasteiger partial charge < -0.3 is 47.3 Å². The van der Waals surface area contributed by atoms with Crippen LogP contribution < -0.4 is 0 Å². The first-order valence-electron chi connectivity index (χ1n) is 52.8. The van der Waals surface area contributed by atoms with Crippen LogP contribution in [0.5, 0.6) is 0 Å². The molecule has 3 fully saturated rings. The van der Waals surface area contributed by atoms with Gasteiger partial charge in [0, 0.05) is 124 Å². The molecule has 0 N–H and O–H groups in total. The highest BCUT2D eigenvalue weighted by molar-refractivity contribution is 5.98. The maximum absolute atomic E-state index is 14.1. The van der Waals surface area contributed by atoms with Crippen molar-refractivity contribution in [2.75, 3.05) is 32.7 Å². The molecule has 5 aromatic carbocycles. The number of halogens is 3. The highest BCUT2D eigenvalue weighted by Crippen LogP contribution is 2.38. The normalized spacial score (nSPS) is 13.1. The molecule has 0 saturated heterocycles. The molecule has 10 aromatic heterocycles. The summed E-state index contributed by atoms with van der Waals surface area (Å²) in [5, 5.41) is 0. The van der Waals surface area contributed by atoms with Gasteiger partial charge in [0.05, 0.1) is 38.3 Å². The quantitative estimate of drug-likeness (QED) is 0.0325. The van der Waals surface area contributed by atoms with Crippen molar-refractivity contribution < 1.29 is 37.1 Å². The monoisotopic (exact) mass is 1970 g/mol. The maximum Gasteiger partial charge on any atom is 0.257 e. The summed E-state index contributed by atoms with van der Waals surface area (Å²) >= 11 is 0. The highest BCUT2D eigenvalue weighted by Gasteiger charge is 2.33. The first kappa shape index (κ1) is 107. The van der Waals surface area contributed by atoms with E-state index in [2.05, 4.69) is 107 Å². The molecule has 10 heterocycles. The fraction of sp³-hybridized carbons (Fsp3) is 0.444. The molecule has 0 spiro atoms. The average Bonchev–Trinajstić information content (AvgIpc) is 1.63. The number of carbonyl (C=O) groups excluding carboxylic acids is 5. The third-order valence-electron chi connectivity index (χ3n) is 27.6. The Morgan fingerprint density at radius 2 is 0.724 bits per heavy atom. The van der Waals surface area contributed by atoms with E-state index in [1.807, 2.05) is 182 Å². The van der Waals surface area contributed by atoms with Crippen LogP contribution in [0.15, 0.2) is 195 Å². The SMILES string of the molecule is CCCCCN(Cc1nc2cccnc2n1C1CCCC1)C(=O)c1ccc(C)c(F)c1.CCCCCN(Cc1nc2cccnc2n1CCC)C(=O)c1ccccc1C.CCCCN(Cc1nc2cccnc2n1C1CCCC1)C(=O)c1cc(C)ccc1C.CCCN(Cc1nc2cccnc2n1CC1CC1)C(=O)c1ccc(F)cc1F.CCCn1c(CN(CCC(C)C)C(=O)c2ccccc2C)nc2cccnc21. The van der Waals surface area contributed by atoms with E-state index in [1.54, 1.807) is 48.7 Å². The number of fused-ring (bicyclic) bond motifs is 5. The molecule has 0 unspecified atom stereocenters. The van der Waals surface area contributed by atoms with Crippen LogP contribution in [0.25, 0.3) is 55.8 Å². The zero-order chi connectivity index (χ0) is 103. The third-order valence-corrected chi connectivity index (χ3v) is 27.6. The molecule has 15 aromatic rings. The minimum Gasteiger partial charge on any atom is -0.331 e. The van der Waals surface area contributed by atoms with Crippen LogP contribution in [0.4, 0.5) is 13.2 Å². The summed E-state index contributed by atoms with van der Waals surface area (Å²) in [6.45, 7) is 34.9. The summed E-state index contributed by atoms with van der Waals surface area (Å²) < 4.78 is 52.5. The van der Waals surface area contributed by atoms with E-state index in [-0.39, 0.29) is 41.6 Å². The molecule has 0 radical (unpaired) electrons. The minimum absolute atomic E-state index is 0.0711. The molecule has 28 heteroatoms. The summed E-state index contributed by atoms with van der Waals surface area (Å²) in [5.74, 6) is 3.29. The third kappa shape index (κ3) is 27.5. The summed E-state index contributed by atoms with van der Waals surface area (Å²) in [7, 11) is 0. The van der Waals surface area contributed by atoms with Crippen molar-refractivity contribution in [1.29, 1.82) is 0 Å². The Balaban J connectivity index is 0.000000144. The van der Waals surface area contributed by atoms with Gasteiger partial charge in [-0.2, -0.15) is 0 Å².